The molecule has 13 heavy (non-hydrogen) atoms. The largest absolute Gasteiger partial charge is 0.382 e. The van der Waals surface area contributed by atoms with Crippen molar-refractivity contribution >= 4 is 0 Å². The first-order chi connectivity index (χ1) is 6.41. The molecule has 0 aliphatic heterocycles. The summed E-state index contributed by atoms with van der Waals surface area (Å²) in [5.74, 6) is 0. The molecule has 0 aliphatic rings. The summed E-state index contributed by atoms with van der Waals surface area (Å²) in [5.41, 5.74) is 0. The maximum absolute atomic E-state index is 5.18. The van der Waals surface area contributed by atoms with Crippen LogP contribution < -0.4 is 0 Å². The van der Waals surface area contributed by atoms with Crippen LogP contribution in [0.2, 0.25) is 0 Å². The summed E-state index contributed by atoms with van der Waals surface area (Å²) in [7, 11) is 0. The van der Waals surface area contributed by atoms with Crippen LogP contribution >= 0.6 is 0 Å². The summed E-state index contributed by atoms with van der Waals surface area (Å²) in [4.78, 5) is 0. The number of rotatable bonds is 6. The molecular weight excluding hydrogens is 160 g/mol. The lowest BCUT2D eigenvalue weighted by molar-refractivity contribution is 0.143. The molecule has 0 radical (unpaired) electrons. The Morgan fingerprint density at radius 3 is 1.77 bits per heavy atom. The van der Waals surface area contributed by atoms with Gasteiger partial charge in [0.2, 0.25) is 0 Å². The quantitative estimate of drug-likeness (QED) is 0.446. The van der Waals surface area contributed by atoms with E-state index in [4.69, 9.17) is 4.74 Å². The molecule has 0 amide bonds. The van der Waals surface area contributed by atoms with Crippen LogP contribution in [-0.2, 0) is 4.74 Å². The molecule has 0 spiro atoms. The van der Waals surface area contributed by atoms with Crippen LogP contribution in [0.15, 0.2) is 26.3 Å². The van der Waals surface area contributed by atoms with Crippen LogP contribution in [0.1, 0.15) is 39.5 Å². The van der Waals surface area contributed by atoms with Crippen molar-refractivity contribution in [2.75, 3.05) is 13.2 Å². The van der Waals surface area contributed by atoms with E-state index in [2.05, 4.69) is 33.2 Å². The Kier molecular flexibility index (Phi) is 42.3. The number of hydrogen-bond donors (Lipinski definition) is 0. The van der Waals surface area contributed by atoms with E-state index >= 15 is 0 Å². The maximum atomic E-state index is 5.18. The highest BCUT2D eigenvalue weighted by atomic mass is 16.5. The third-order valence-corrected chi connectivity index (χ3v) is 1.35. The fourth-order valence-electron chi connectivity index (χ4n) is 0.775. The Bertz CT molecular complexity index is 54.1. The molecule has 0 fully saturated rings. The van der Waals surface area contributed by atoms with Crippen LogP contribution in [0.3, 0.4) is 0 Å². The Hall–Kier alpha value is -0.560. The SMILES string of the molecule is C=C.C=C.CCCCCCOCC. The van der Waals surface area contributed by atoms with Crippen LogP contribution in [0.4, 0.5) is 0 Å². The second-order valence-corrected chi connectivity index (χ2v) is 2.26. The van der Waals surface area contributed by atoms with Crippen LogP contribution in [0.25, 0.3) is 0 Å². The zero-order valence-corrected chi connectivity index (χ0v) is 9.48. The molecular formula is C12H26O. The van der Waals surface area contributed by atoms with Gasteiger partial charge < -0.3 is 4.74 Å². The molecule has 0 bridgehead atoms. The molecule has 0 heterocycles. The van der Waals surface area contributed by atoms with Gasteiger partial charge in [-0.3, -0.25) is 0 Å². The molecule has 0 unspecified atom stereocenters. The van der Waals surface area contributed by atoms with Gasteiger partial charge in [0, 0.05) is 13.2 Å². The maximum Gasteiger partial charge on any atom is 0.0465 e. The van der Waals surface area contributed by atoms with E-state index in [1.54, 1.807) is 0 Å². The highest BCUT2D eigenvalue weighted by Crippen LogP contribution is 1.98. The molecule has 80 valence electrons. The standard InChI is InChI=1S/C8H18O.2C2H4/c1-3-5-6-7-8-9-4-2;2*1-2/h3-8H2,1-2H3;2*1-2H2. The Morgan fingerprint density at radius 1 is 0.846 bits per heavy atom. The van der Waals surface area contributed by atoms with Gasteiger partial charge in [0.05, 0.1) is 0 Å². The second-order valence-electron chi connectivity index (χ2n) is 2.26. The summed E-state index contributed by atoms with van der Waals surface area (Å²) in [6.07, 6.45) is 5.23. The second kappa shape index (κ2) is 30.1. The highest BCUT2D eigenvalue weighted by Gasteiger charge is 1.85. The summed E-state index contributed by atoms with van der Waals surface area (Å²) in [6, 6.07) is 0. The minimum Gasteiger partial charge on any atom is -0.382 e. The first-order valence-corrected chi connectivity index (χ1v) is 4.99. The molecule has 0 N–H and O–H groups in total. The average Bonchev–Trinajstić information content (AvgIpc) is 2.24. The fraction of sp³-hybridized carbons (Fsp3) is 0.667. The Balaban J connectivity index is -0.000000218. The van der Waals surface area contributed by atoms with Gasteiger partial charge in [-0.15, -0.1) is 26.3 Å². The van der Waals surface area contributed by atoms with Crippen molar-refractivity contribution in [1.29, 1.82) is 0 Å². The summed E-state index contributed by atoms with van der Waals surface area (Å²) in [6.45, 7) is 18.1. The zero-order valence-electron chi connectivity index (χ0n) is 9.48. The van der Waals surface area contributed by atoms with Crippen molar-refractivity contribution in [2.24, 2.45) is 0 Å². The highest BCUT2D eigenvalue weighted by molar-refractivity contribution is 4.37. The van der Waals surface area contributed by atoms with Crippen LogP contribution in [0.5, 0.6) is 0 Å². The fourth-order valence-corrected chi connectivity index (χ4v) is 0.775. The Labute approximate surface area is 84.5 Å². The van der Waals surface area contributed by atoms with Gasteiger partial charge >= 0.3 is 0 Å². The van der Waals surface area contributed by atoms with Crippen molar-refractivity contribution in [3.8, 4) is 0 Å². The first-order valence-electron chi connectivity index (χ1n) is 4.99. The number of ether oxygens (including phenoxy) is 1. The van der Waals surface area contributed by atoms with E-state index in [9.17, 15) is 0 Å². The lowest BCUT2D eigenvalue weighted by atomic mass is 10.2. The van der Waals surface area contributed by atoms with Gasteiger partial charge in [-0.1, -0.05) is 26.2 Å². The smallest absolute Gasteiger partial charge is 0.0465 e. The van der Waals surface area contributed by atoms with Crippen LogP contribution in [0, 0.1) is 0 Å². The van der Waals surface area contributed by atoms with E-state index in [0.717, 1.165) is 13.2 Å². The summed E-state index contributed by atoms with van der Waals surface area (Å²) < 4.78 is 5.18. The van der Waals surface area contributed by atoms with E-state index in [-0.39, 0.29) is 0 Å². The van der Waals surface area contributed by atoms with E-state index < -0.39 is 0 Å². The van der Waals surface area contributed by atoms with Crippen molar-refractivity contribution < 1.29 is 4.74 Å². The Morgan fingerprint density at radius 2 is 1.38 bits per heavy atom. The normalized spacial score (nSPS) is 7.54. The molecule has 0 aliphatic carbocycles. The van der Waals surface area contributed by atoms with Crippen molar-refractivity contribution in [2.45, 2.75) is 39.5 Å². The van der Waals surface area contributed by atoms with E-state index in [0.29, 0.717) is 0 Å². The third-order valence-electron chi connectivity index (χ3n) is 1.35. The third kappa shape index (κ3) is 34.4. The van der Waals surface area contributed by atoms with Gasteiger partial charge in [-0.05, 0) is 13.3 Å². The molecule has 1 heteroatoms. The topological polar surface area (TPSA) is 9.23 Å². The predicted octanol–water partition coefficient (Wildman–Crippen LogP) is 4.21. The van der Waals surface area contributed by atoms with E-state index in [1.165, 1.54) is 25.7 Å². The van der Waals surface area contributed by atoms with E-state index in [1.807, 2.05) is 6.92 Å². The lowest BCUT2D eigenvalue weighted by Crippen LogP contribution is -1.92. The zero-order chi connectivity index (χ0) is 10.9. The van der Waals surface area contributed by atoms with Gasteiger partial charge in [-0.2, -0.15) is 0 Å². The molecule has 0 aromatic heterocycles. The molecule has 0 rings (SSSR count). The summed E-state index contributed by atoms with van der Waals surface area (Å²) >= 11 is 0. The van der Waals surface area contributed by atoms with Gasteiger partial charge in [0.15, 0.2) is 0 Å². The first kappa shape index (κ1) is 18.3. The van der Waals surface area contributed by atoms with Gasteiger partial charge in [0.25, 0.3) is 0 Å². The molecule has 0 atom stereocenters. The molecule has 0 aromatic rings. The van der Waals surface area contributed by atoms with Crippen molar-refractivity contribution in [1.82, 2.24) is 0 Å². The lowest BCUT2D eigenvalue weighted by Gasteiger charge is -1.98. The minimum atomic E-state index is 0.867. The summed E-state index contributed by atoms with van der Waals surface area (Å²) in [5, 5.41) is 0. The average molecular weight is 186 g/mol. The molecule has 1 nitrogen and oxygen atoms in total. The number of hydrogen-bond acceptors (Lipinski definition) is 1. The minimum absolute atomic E-state index is 0.867. The van der Waals surface area contributed by atoms with Crippen LogP contribution in [-0.4, -0.2) is 13.2 Å². The number of unbranched alkanes of at least 4 members (excludes halogenated alkanes) is 3. The van der Waals surface area contributed by atoms with Gasteiger partial charge in [-0.25, -0.2) is 0 Å². The molecule has 0 saturated carbocycles. The van der Waals surface area contributed by atoms with Crippen molar-refractivity contribution in [3.63, 3.8) is 0 Å². The van der Waals surface area contributed by atoms with Crippen molar-refractivity contribution in [3.05, 3.63) is 26.3 Å². The molecule has 0 aromatic carbocycles. The monoisotopic (exact) mass is 186 g/mol. The predicted molar refractivity (Wildman–Crippen MR) is 63.1 cm³/mol. The van der Waals surface area contributed by atoms with Gasteiger partial charge in [0.1, 0.15) is 0 Å². The molecule has 0 saturated heterocycles.